The van der Waals surface area contributed by atoms with E-state index in [2.05, 4.69) is 19.8 Å². The quantitative estimate of drug-likeness (QED) is 0.768. The fourth-order valence-electron chi connectivity index (χ4n) is 3.45. The molecule has 1 amide bonds. The molecule has 4 rings (SSSR count). The standard InChI is InChI=1S/C16H24N4O2/c1-2-22-9-6-15(21)20-11-13-4-5-14(20)12-19(10-13)16-17-7-3-8-18-16/h3,7-8,13-14H,2,4-6,9-12H2,1H3/t13-,14+/m0/s1. The molecule has 3 aliphatic heterocycles. The normalized spacial score (nSPS) is 24.4. The summed E-state index contributed by atoms with van der Waals surface area (Å²) in [5.74, 6) is 1.51. The Labute approximate surface area is 131 Å². The number of aromatic nitrogens is 2. The highest BCUT2D eigenvalue weighted by molar-refractivity contribution is 5.77. The summed E-state index contributed by atoms with van der Waals surface area (Å²) in [7, 11) is 0. The fourth-order valence-corrected chi connectivity index (χ4v) is 3.45. The lowest BCUT2D eigenvalue weighted by Gasteiger charge is -2.36. The molecular formula is C16H24N4O2. The van der Waals surface area contributed by atoms with Gasteiger partial charge in [0, 0.05) is 44.7 Å². The minimum Gasteiger partial charge on any atom is -0.381 e. The molecule has 1 aromatic rings. The zero-order chi connectivity index (χ0) is 15.4. The second-order valence-electron chi connectivity index (χ2n) is 6.04. The average Bonchev–Trinajstić information content (AvgIpc) is 2.87. The number of nitrogens with zero attached hydrogens (tertiary/aromatic N) is 4. The van der Waals surface area contributed by atoms with E-state index < -0.39 is 0 Å². The van der Waals surface area contributed by atoms with Gasteiger partial charge in [0.15, 0.2) is 0 Å². The van der Waals surface area contributed by atoms with Gasteiger partial charge in [-0.25, -0.2) is 9.97 Å². The van der Waals surface area contributed by atoms with E-state index in [0.29, 0.717) is 25.6 Å². The Bertz CT molecular complexity index is 496. The van der Waals surface area contributed by atoms with Gasteiger partial charge in [0.1, 0.15) is 0 Å². The van der Waals surface area contributed by atoms with Crippen LogP contribution in [-0.2, 0) is 9.53 Å². The number of anilines is 1. The fraction of sp³-hybridized carbons (Fsp3) is 0.688. The second-order valence-corrected chi connectivity index (χ2v) is 6.04. The van der Waals surface area contributed by atoms with Crippen molar-refractivity contribution in [2.45, 2.75) is 32.2 Å². The lowest BCUT2D eigenvalue weighted by molar-refractivity contribution is -0.136. The van der Waals surface area contributed by atoms with E-state index in [0.717, 1.165) is 32.0 Å². The Morgan fingerprint density at radius 2 is 2.09 bits per heavy atom. The smallest absolute Gasteiger partial charge is 0.225 e. The number of ether oxygens (including phenoxy) is 1. The van der Waals surface area contributed by atoms with E-state index in [1.54, 1.807) is 12.4 Å². The largest absolute Gasteiger partial charge is 0.381 e. The number of hydrogen-bond acceptors (Lipinski definition) is 5. The summed E-state index contributed by atoms with van der Waals surface area (Å²) in [6.45, 7) is 5.78. The average molecular weight is 304 g/mol. The van der Waals surface area contributed by atoms with Crippen molar-refractivity contribution in [3.63, 3.8) is 0 Å². The maximum Gasteiger partial charge on any atom is 0.225 e. The van der Waals surface area contributed by atoms with Crippen LogP contribution in [0, 0.1) is 5.92 Å². The first-order valence-electron chi connectivity index (χ1n) is 8.17. The first kappa shape index (κ1) is 15.2. The van der Waals surface area contributed by atoms with Crippen LogP contribution in [0.5, 0.6) is 0 Å². The molecule has 0 aromatic carbocycles. The van der Waals surface area contributed by atoms with Crippen LogP contribution in [0.15, 0.2) is 18.5 Å². The van der Waals surface area contributed by atoms with E-state index in [1.165, 1.54) is 6.42 Å². The van der Waals surface area contributed by atoms with Crippen molar-refractivity contribution in [2.24, 2.45) is 5.92 Å². The predicted octanol–water partition coefficient (Wildman–Crippen LogP) is 1.33. The number of carbonyl (C=O) groups is 1. The number of hydrogen-bond donors (Lipinski definition) is 0. The molecule has 0 aliphatic carbocycles. The third-order valence-electron chi connectivity index (χ3n) is 4.53. The number of carbonyl (C=O) groups excluding carboxylic acids is 1. The van der Waals surface area contributed by atoms with E-state index in [9.17, 15) is 4.79 Å². The zero-order valence-corrected chi connectivity index (χ0v) is 13.1. The Hall–Kier alpha value is -1.69. The van der Waals surface area contributed by atoms with Gasteiger partial charge >= 0.3 is 0 Å². The minimum absolute atomic E-state index is 0.221. The molecule has 2 bridgehead atoms. The lowest BCUT2D eigenvalue weighted by Crippen LogP contribution is -2.47. The predicted molar refractivity (Wildman–Crippen MR) is 83.6 cm³/mol. The van der Waals surface area contributed by atoms with Crippen molar-refractivity contribution in [1.82, 2.24) is 14.9 Å². The van der Waals surface area contributed by atoms with E-state index in [4.69, 9.17) is 4.74 Å². The molecule has 0 N–H and O–H groups in total. The van der Waals surface area contributed by atoms with Gasteiger partial charge in [0.05, 0.1) is 13.0 Å². The van der Waals surface area contributed by atoms with Crippen LogP contribution in [-0.4, -0.2) is 59.7 Å². The topological polar surface area (TPSA) is 58.6 Å². The zero-order valence-electron chi connectivity index (χ0n) is 13.1. The molecule has 2 atom stereocenters. The lowest BCUT2D eigenvalue weighted by atomic mass is 9.95. The SMILES string of the molecule is CCOCCC(=O)N1C[C@H]2CC[C@@H]1CN(c1ncccn1)C2. The molecule has 120 valence electrons. The highest BCUT2D eigenvalue weighted by Crippen LogP contribution is 2.29. The van der Waals surface area contributed by atoms with Crippen LogP contribution in [0.4, 0.5) is 5.95 Å². The summed E-state index contributed by atoms with van der Waals surface area (Å²) in [6.07, 6.45) is 6.30. The maximum atomic E-state index is 12.5. The van der Waals surface area contributed by atoms with Crippen molar-refractivity contribution in [3.8, 4) is 0 Å². The molecule has 22 heavy (non-hydrogen) atoms. The molecule has 6 nitrogen and oxygen atoms in total. The van der Waals surface area contributed by atoms with Gasteiger partial charge in [-0.3, -0.25) is 4.79 Å². The van der Waals surface area contributed by atoms with Gasteiger partial charge in [-0.15, -0.1) is 0 Å². The first-order valence-corrected chi connectivity index (χ1v) is 8.17. The van der Waals surface area contributed by atoms with Crippen molar-refractivity contribution >= 4 is 11.9 Å². The molecule has 1 aromatic heterocycles. The molecule has 3 aliphatic rings. The molecule has 3 fully saturated rings. The highest BCUT2D eigenvalue weighted by Gasteiger charge is 2.37. The van der Waals surface area contributed by atoms with Gasteiger partial charge < -0.3 is 14.5 Å². The Balaban J connectivity index is 1.67. The van der Waals surface area contributed by atoms with Crippen LogP contribution < -0.4 is 4.90 Å². The van der Waals surface area contributed by atoms with Crippen molar-refractivity contribution in [2.75, 3.05) is 37.7 Å². The summed E-state index contributed by atoms with van der Waals surface area (Å²) in [5, 5.41) is 0. The van der Waals surface area contributed by atoms with Crippen LogP contribution >= 0.6 is 0 Å². The highest BCUT2D eigenvalue weighted by atomic mass is 16.5. The minimum atomic E-state index is 0.221. The number of fused-ring (bicyclic) bond motifs is 4. The van der Waals surface area contributed by atoms with E-state index in [1.807, 2.05) is 13.0 Å². The molecule has 4 heterocycles. The van der Waals surface area contributed by atoms with Crippen molar-refractivity contribution in [3.05, 3.63) is 18.5 Å². The molecule has 0 saturated carbocycles. The van der Waals surface area contributed by atoms with Crippen LogP contribution in [0.2, 0.25) is 0 Å². The van der Waals surface area contributed by atoms with Crippen LogP contribution in [0.3, 0.4) is 0 Å². The van der Waals surface area contributed by atoms with Gasteiger partial charge in [-0.05, 0) is 31.7 Å². The van der Waals surface area contributed by atoms with Crippen LogP contribution in [0.25, 0.3) is 0 Å². The third-order valence-corrected chi connectivity index (χ3v) is 4.53. The molecule has 0 spiro atoms. The van der Waals surface area contributed by atoms with E-state index >= 15 is 0 Å². The summed E-state index contributed by atoms with van der Waals surface area (Å²) < 4.78 is 5.32. The van der Waals surface area contributed by atoms with Gasteiger partial charge in [0.25, 0.3) is 0 Å². The first-order chi connectivity index (χ1) is 10.8. The monoisotopic (exact) mass is 304 g/mol. The molecule has 3 saturated heterocycles. The van der Waals surface area contributed by atoms with Crippen LogP contribution in [0.1, 0.15) is 26.2 Å². The molecular weight excluding hydrogens is 280 g/mol. The number of rotatable bonds is 5. The van der Waals surface area contributed by atoms with Gasteiger partial charge in [-0.1, -0.05) is 0 Å². The summed E-state index contributed by atoms with van der Waals surface area (Å²) in [4.78, 5) is 25.5. The molecule has 6 heteroatoms. The molecule has 0 unspecified atom stereocenters. The maximum absolute atomic E-state index is 12.5. The number of amides is 1. The Morgan fingerprint density at radius 1 is 1.27 bits per heavy atom. The van der Waals surface area contributed by atoms with Crippen molar-refractivity contribution < 1.29 is 9.53 Å². The third kappa shape index (κ3) is 3.38. The van der Waals surface area contributed by atoms with Gasteiger partial charge in [-0.2, -0.15) is 0 Å². The number of piperidine rings is 1. The summed E-state index contributed by atoms with van der Waals surface area (Å²) in [6, 6.07) is 2.11. The molecule has 0 radical (unpaired) electrons. The van der Waals surface area contributed by atoms with Gasteiger partial charge in [0.2, 0.25) is 11.9 Å². The van der Waals surface area contributed by atoms with Crippen molar-refractivity contribution in [1.29, 1.82) is 0 Å². The second kappa shape index (κ2) is 7.05. The van der Waals surface area contributed by atoms with E-state index in [-0.39, 0.29) is 11.9 Å². The summed E-state index contributed by atoms with van der Waals surface area (Å²) in [5.41, 5.74) is 0. The Kier molecular flexibility index (Phi) is 4.87. The Morgan fingerprint density at radius 3 is 2.86 bits per heavy atom. The summed E-state index contributed by atoms with van der Waals surface area (Å²) >= 11 is 0.